The molecule has 2 amide bonds. The molecular weight excluding hydrogens is 322 g/mol. The molecule has 0 spiro atoms. The summed E-state index contributed by atoms with van der Waals surface area (Å²) in [4.78, 5) is 26.6. The summed E-state index contributed by atoms with van der Waals surface area (Å²) in [5, 5.41) is 0.561. The molecule has 24 heavy (non-hydrogen) atoms. The maximum atomic E-state index is 12.8. The summed E-state index contributed by atoms with van der Waals surface area (Å²) >= 11 is 6.14. The number of rotatable bonds is 3. The number of nitrogens with zero attached hydrogens (tertiary/aromatic N) is 1. The van der Waals surface area contributed by atoms with E-state index in [0.717, 1.165) is 11.1 Å². The van der Waals surface area contributed by atoms with Crippen molar-refractivity contribution in [1.82, 2.24) is 0 Å². The highest BCUT2D eigenvalue weighted by Crippen LogP contribution is 2.33. The van der Waals surface area contributed by atoms with Gasteiger partial charge in [-0.2, -0.15) is 0 Å². The normalized spacial score (nSPS) is 17.7. The average Bonchev–Trinajstić information content (AvgIpc) is 2.76. The molecule has 1 atom stereocenters. The standard InChI is InChI=1S/C20H20ClNO2/c1-12-7-13(2)9-15(8-12)10-16-11-19(23)22(20(16)24)18-6-4-5-17(21)14(18)3/h4-9,16H,10-11H2,1-3H3/t16-/m0/s1. The summed E-state index contributed by atoms with van der Waals surface area (Å²) < 4.78 is 0. The van der Waals surface area contributed by atoms with E-state index in [2.05, 4.69) is 18.2 Å². The fourth-order valence-electron chi connectivity index (χ4n) is 3.42. The molecule has 1 saturated heterocycles. The number of hydrogen-bond acceptors (Lipinski definition) is 2. The minimum atomic E-state index is -0.308. The first kappa shape index (κ1) is 16.7. The molecule has 1 aliphatic heterocycles. The Bertz CT molecular complexity index is 808. The summed E-state index contributed by atoms with van der Waals surface area (Å²) in [5.74, 6) is -0.596. The van der Waals surface area contributed by atoms with Crippen LogP contribution in [0.1, 0.15) is 28.7 Å². The Hall–Kier alpha value is -2.13. The smallest absolute Gasteiger partial charge is 0.237 e. The Morgan fingerprint density at radius 3 is 2.42 bits per heavy atom. The summed E-state index contributed by atoms with van der Waals surface area (Å²) in [6, 6.07) is 11.6. The van der Waals surface area contributed by atoms with Crippen LogP contribution < -0.4 is 4.90 Å². The zero-order valence-corrected chi connectivity index (χ0v) is 14.9. The van der Waals surface area contributed by atoms with E-state index in [1.165, 1.54) is 16.0 Å². The van der Waals surface area contributed by atoms with Gasteiger partial charge < -0.3 is 0 Å². The van der Waals surface area contributed by atoms with E-state index in [0.29, 0.717) is 17.1 Å². The predicted molar refractivity (Wildman–Crippen MR) is 96.4 cm³/mol. The fourth-order valence-corrected chi connectivity index (χ4v) is 3.59. The third-order valence-electron chi connectivity index (χ3n) is 4.48. The SMILES string of the molecule is Cc1cc(C)cc(C[C@H]2CC(=O)N(c3cccc(Cl)c3C)C2=O)c1. The maximum absolute atomic E-state index is 12.8. The van der Waals surface area contributed by atoms with Crippen LogP contribution in [0.3, 0.4) is 0 Å². The van der Waals surface area contributed by atoms with E-state index in [4.69, 9.17) is 11.6 Å². The minimum Gasteiger partial charge on any atom is -0.274 e. The van der Waals surface area contributed by atoms with Crippen molar-refractivity contribution in [3.63, 3.8) is 0 Å². The van der Waals surface area contributed by atoms with Gasteiger partial charge >= 0.3 is 0 Å². The Balaban J connectivity index is 1.88. The quantitative estimate of drug-likeness (QED) is 0.776. The van der Waals surface area contributed by atoms with Gasteiger partial charge in [-0.25, -0.2) is 4.90 Å². The van der Waals surface area contributed by atoms with Crippen LogP contribution in [0.5, 0.6) is 0 Å². The number of carbonyl (C=O) groups is 2. The number of imide groups is 1. The van der Waals surface area contributed by atoms with Gasteiger partial charge in [0, 0.05) is 11.4 Å². The topological polar surface area (TPSA) is 37.4 Å². The van der Waals surface area contributed by atoms with Gasteiger partial charge in [-0.15, -0.1) is 0 Å². The Kier molecular flexibility index (Phi) is 4.46. The van der Waals surface area contributed by atoms with E-state index < -0.39 is 0 Å². The van der Waals surface area contributed by atoms with Crippen molar-refractivity contribution < 1.29 is 9.59 Å². The van der Waals surface area contributed by atoms with Crippen LogP contribution >= 0.6 is 11.6 Å². The zero-order valence-electron chi connectivity index (χ0n) is 14.1. The van der Waals surface area contributed by atoms with E-state index in [1.807, 2.05) is 20.8 Å². The van der Waals surface area contributed by atoms with Gasteiger partial charge in [0.05, 0.1) is 11.6 Å². The largest absolute Gasteiger partial charge is 0.274 e. The predicted octanol–water partition coefficient (Wildman–Crippen LogP) is 4.39. The molecule has 3 rings (SSSR count). The van der Waals surface area contributed by atoms with Gasteiger partial charge in [0.2, 0.25) is 11.8 Å². The highest BCUT2D eigenvalue weighted by molar-refractivity contribution is 6.32. The van der Waals surface area contributed by atoms with Crippen molar-refractivity contribution >= 4 is 29.1 Å². The first-order valence-corrected chi connectivity index (χ1v) is 8.43. The maximum Gasteiger partial charge on any atom is 0.237 e. The molecule has 0 aromatic heterocycles. The highest BCUT2D eigenvalue weighted by atomic mass is 35.5. The fraction of sp³-hybridized carbons (Fsp3) is 0.300. The Labute approximate surface area is 147 Å². The number of anilines is 1. The molecule has 2 aromatic carbocycles. The molecule has 0 unspecified atom stereocenters. The number of carbonyl (C=O) groups excluding carboxylic acids is 2. The average molecular weight is 342 g/mol. The molecule has 2 aromatic rings. The van der Waals surface area contributed by atoms with Gasteiger partial charge in [-0.1, -0.05) is 47.0 Å². The molecule has 4 heteroatoms. The lowest BCUT2D eigenvalue weighted by Gasteiger charge is -2.18. The second kappa shape index (κ2) is 6.40. The molecule has 0 aliphatic carbocycles. The lowest BCUT2D eigenvalue weighted by molar-refractivity contribution is -0.122. The molecule has 0 bridgehead atoms. The molecule has 1 heterocycles. The summed E-state index contributed by atoms with van der Waals surface area (Å²) in [7, 11) is 0. The van der Waals surface area contributed by atoms with Gasteiger partial charge in [0.25, 0.3) is 0 Å². The van der Waals surface area contributed by atoms with E-state index >= 15 is 0 Å². The Morgan fingerprint density at radius 1 is 1.08 bits per heavy atom. The summed E-state index contributed by atoms with van der Waals surface area (Å²) in [6.45, 7) is 5.91. The lowest BCUT2D eigenvalue weighted by atomic mass is 9.95. The third-order valence-corrected chi connectivity index (χ3v) is 4.89. The lowest BCUT2D eigenvalue weighted by Crippen LogP contribution is -2.31. The number of amides is 2. The molecule has 1 fully saturated rings. The van der Waals surface area contributed by atoms with E-state index in [1.54, 1.807) is 18.2 Å². The van der Waals surface area contributed by atoms with Crippen LogP contribution in [0.4, 0.5) is 5.69 Å². The second-order valence-electron chi connectivity index (χ2n) is 6.55. The van der Waals surface area contributed by atoms with Crippen molar-refractivity contribution in [2.75, 3.05) is 4.90 Å². The molecular formula is C20H20ClNO2. The minimum absolute atomic E-state index is 0.135. The van der Waals surface area contributed by atoms with Crippen molar-refractivity contribution in [3.05, 3.63) is 63.7 Å². The molecule has 1 aliphatic rings. The number of hydrogen-bond donors (Lipinski definition) is 0. The van der Waals surface area contributed by atoms with Crippen LogP contribution in [0, 0.1) is 26.7 Å². The first-order chi connectivity index (χ1) is 11.4. The number of benzene rings is 2. The summed E-state index contributed by atoms with van der Waals surface area (Å²) in [5.41, 5.74) is 4.80. The van der Waals surface area contributed by atoms with Crippen molar-refractivity contribution in [2.24, 2.45) is 5.92 Å². The van der Waals surface area contributed by atoms with Crippen LogP contribution in [0.25, 0.3) is 0 Å². The third kappa shape index (κ3) is 3.09. The van der Waals surface area contributed by atoms with Crippen molar-refractivity contribution in [3.8, 4) is 0 Å². The molecule has 0 N–H and O–H groups in total. The van der Waals surface area contributed by atoms with Crippen LogP contribution in [0.15, 0.2) is 36.4 Å². The Morgan fingerprint density at radius 2 is 1.75 bits per heavy atom. The highest BCUT2D eigenvalue weighted by Gasteiger charge is 2.40. The van der Waals surface area contributed by atoms with Gasteiger partial charge in [0.1, 0.15) is 0 Å². The summed E-state index contributed by atoms with van der Waals surface area (Å²) in [6.07, 6.45) is 0.834. The van der Waals surface area contributed by atoms with E-state index in [9.17, 15) is 9.59 Å². The van der Waals surface area contributed by atoms with Gasteiger partial charge in [-0.3, -0.25) is 9.59 Å². The number of halogens is 1. The van der Waals surface area contributed by atoms with Crippen LogP contribution in [0.2, 0.25) is 5.02 Å². The zero-order chi connectivity index (χ0) is 17.4. The number of aryl methyl sites for hydroxylation is 2. The molecule has 124 valence electrons. The van der Waals surface area contributed by atoms with Crippen LogP contribution in [-0.2, 0) is 16.0 Å². The molecule has 0 saturated carbocycles. The van der Waals surface area contributed by atoms with Crippen LogP contribution in [-0.4, -0.2) is 11.8 Å². The van der Waals surface area contributed by atoms with E-state index in [-0.39, 0.29) is 24.2 Å². The molecule has 3 nitrogen and oxygen atoms in total. The van der Waals surface area contributed by atoms with Crippen molar-refractivity contribution in [2.45, 2.75) is 33.6 Å². The van der Waals surface area contributed by atoms with Crippen molar-refractivity contribution in [1.29, 1.82) is 0 Å². The first-order valence-electron chi connectivity index (χ1n) is 8.06. The van der Waals surface area contributed by atoms with Gasteiger partial charge in [0.15, 0.2) is 0 Å². The second-order valence-corrected chi connectivity index (χ2v) is 6.96. The van der Waals surface area contributed by atoms with Gasteiger partial charge in [-0.05, 0) is 50.5 Å². The molecule has 0 radical (unpaired) electrons. The monoisotopic (exact) mass is 341 g/mol.